The van der Waals surface area contributed by atoms with Gasteiger partial charge >= 0.3 is 0 Å². The van der Waals surface area contributed by atoms with E-state index >= 15 is 0 Å². The maximum absolute atomic E-state index is 5.14. The van der Waals surface area contributed by atoms with Crippen molar-refractivity contribution >= 4 is 22.9 Å². The Balaban J connectivity index is 0.00000121. The molecule has 5 heteroatoms. The van der Waals surface area contributed by atoms with Gasteiger partial charge in [-0.3, -0.25) is 4.98 Å². The molecule has 0 aromatic carbocycles. The summed E-state index contributed by atoms with van der Waals surface area (Å²) in [6.07, 6.45) is 1.71. The molecular weight excluding hydrogens is 220 g/mol. The van der Waals surface area contributed by atoms with E-state index in [2.05, 4.69) is 9.98 Å². The highest BCUT2D eigenvalue weighted by molar-refractivity contribution is 8.93. The number of guanidine groups is 1. The van der Waals surface area contributed by atoms with Crippen molar-refractivity contribution in [3.05, 3.63) is 30.1 Å². The van der Waals surface area contributed by atoms with E-state index < -0.39 is 0 Å². The molecule has 12 heavy (non-hydrogen) atoms. The summed E-state index contributed by atoms with van der Waals surface area (Å²) in [5.41, 5.74) is 11.1. The third-order valence-corrected chi connectivity index (χ3v) is 1.15. The first-order valence-corrected chi connectivity index (χ1v) is 3.24. The molecular formula is C7H11BrN4. The molecule has 4 nitrogen and oxygen atoms in total. The average Bonchev–Trinajstić information content (AvgIpc) is 2.03. The van der Waals surface area contributed by atoms with Crippen LogP contribution in [0, 0.1) is 0 Å². The molecule has 0 spiro atoms. The molecule has 0 unspecified atom stereocenters. The lowest BCUT2D eigenvalue weighted by Crippen LogP contribution is -2.22. The third-order valence-electron chi connectivity index (χ3n) is 1.15. The summed E-state index contributed by atoms with van der Waals surface area (Å²) < 4.78 is 0. The molecule has 1 rings (SSSR count). The summed E-state index contributed by atoms with van der Waals surface area (Å²) in [7, 11) is 0. The van der Waals surface area contributed by atoms with Gasteiger partial charge in [0.1, 0.15) is 0 Å². The van der Waals surface area contributed by atoms with E-state index in [0.29, 0.717) is 6.54 Å². The van der Waals surface area contributed by atoms with Gasteiger partial charge in [0.2, 0.25) is 0 Å². The molecule has 0 fully saturated rings. The minimum absolute atomic E-state index is 0. The summed E-state index contributed by atoms with van der Waals surface area (Å²) in [5, 5.41) is 0. The fourth-order valence-corrected chi connectivity index (χ4v) is 0.664. The molecule has 0 aliphatic rings. The lowest BCUT2D eigenvalue weighted by Gasteiger charge is -1.93. The van der Waals surface area contributed by atoms with Gasteiger partial charge in [0, 0.05) is 6.20 Å². The highest BCUT2D eigenvalue weighted by Crippen LogP contribution is 1.93. The fourth-order valence-electron chi connectivity index (χ4n) is 0.664. The molecule has 0 atom stereocenters. The van der Waals surface area contributed by atoms with Crippen LogP contribution in [0.5, 0.6) is 0 Å². The van der Waals surface area contributed by atoms with Crippen LogP contribution in [-0.4, -0.2) is 10.9 Å². The van der Waals surface area contributed by atoms with Crippen LogP contribution in [0.3, 0.4) is 0 Å². The number of hydrogen-bond acceptors (Lipinski definition) is 2. The monoisotopic (exact) mass is 230 g/mol. The van der Waals surface area contributed by atoms with E-state index in [0.717, 1.165) is 5.69 Å². The van der Waals surface area contributed by atoms with Gasteiger partial charge in [0.05, 0.1) is 12.2 Å². The molecule has 1 heterocycles. The predicted octanol–water partition coefficient (Wildman–Crippen LogP) is 0.433. The Morgan fingerprint density at radius 2 is 2.17 bits per heavy atom. The lowest BCUT2D eigenvalue weighted by molar-refractivity contribution is 0.982. The number of pyridine rings is 1. The molecule has 0 aliphatic heterocycles. The smallest absolute Gasteiger partial charge is 0.186 e. The van der Waals surface area contributed by atoms with Gasteiger partial charge in [-0.05, 0) is 12.1 Å². The maximum atomic E-state index is 5.14. The molecule has 0 saturated carbocycles. The van der Waals surface area contributed by atoms with Crippen LogP contribution in [-0.2, 0) is 6.54 Å². The topological polar surface area (TPSA) is 77.3 Å². The standard InChI is InChI=1S/C7H10N4.BrH/c8-7(9)11-5-6-3-1-2-4-10-6;/h1-4H,5H2,(H4,8,9,11);1H. The quantitative estimate of drug-likeness (QED) is 0.572. The third kappa shape index (κ3) is 3.92. The SMILES string of the molecule is Br.NC(N)=NCc1ccccn1. The molecule has 1 aromatic heterocycles. The zero-order chi connectivity index (χ0) is 8.10. The molecule has 0 bridgehead atoms. The zero-order valence-electron chi connectivity index (χ0n) is 6.47. The van der Waals surface area contributed by atoms with Crippen molar-refractivity contribution in [1.29, 1.82) is 0 Å². The Morgan fingerprint density at radius 3 is 2.67 bits per heavy atom. The first-order chi connectivity index (χ1) is 5.29. The Hall–Kier alpha value is -1.10. The Morgan fingerprint density at radius 1 is 1.42 bits per heavy atom. The van der Waals surface area contributed by atoms with E-state index in [1.165, 1.54) is 0 Å². The summed E-state index contributed by atoms with van der Waals surface area (Å²) in [4.78, 5) is 7.84. The fraction of sp³-hybridized carbons (Fsp3) is 0.143. The number of nitrogens with zero attached hydrogens (tertiary/aromatic N) is 2. The van der Waals surface area contributed by atoms with Gasteiger partial charge in [-0.25, -0.2) is 4.99 Å². The highest BCUT2D eigenvalue weighted by Gasteiger charge is 1.88. The van der Waals surface area contributed by atoms with Crippen molar-refractivity contribution in [2.75, 3.05) is 0 Å². The van der Waals surface area contributed by atoms with Gasteiger partial charge in [0.25, 0.3) is 0 Å². The molecule has 4 N–H and O–H groups in total. The minimum Gasteiger partial charge on any atom is -0.370 e. The second kappa shape index (κ2) is 5.54. The molecule has 1 aromatic rings. The summed E-state index contributed by atoms with van der Waals surface area (Å²) >= 11 is 0. The van der Waals surface area contributed by atoms with Crippen LogP contribution in [0.1, 0.15) is 5.69 Å². The van der Waals surface area contributed by atoms with Crippen molar-refractivity contribution in [2.24, 2.45) is 16.5 Å². The Bertz CT molecular complexity index is 243. The second-order valence-electron chi connectivity index (χ2n) is 2.06. The largest absolute Gasteiger partial charge is 0.370 e. The van der Waals surface area contributed by atoms with Gasteiger partial charge in [-0.15, -0.1) is 17.0 Å². The van der Waals surface area contributed by atoms with E-state index in [4.69, 9.17) is 11.5 Å². The van der Waals surface area contributed by atoms with E-state index in [9.17, 15) is 0 Å². The minimum atomic E-state index is 0. The zero-order valence-corrected chi connectivity index (χ0v) is 8.19. The van der Waals surface area contributed by atoms with E-state index in [-0.39, 0.29) is 22.9 Å². The van der Waals surface area contributed by atoms with Crippen LogP contribution in [0.4, 0.5) is 0 Å². The second-order valence-corrected chi connectivity index (χ2v) is 2.06. The summed E-state index contributed by atoms with van der Waals surface area (Å²) in [6.45, 7) is 0.448. The number of aliphatic imine (C=N–C) groups is 1. The average molecular weight is 231 g/mol. The summed E-state index contributed by atoms with van der Waals surface area (Å²) in [5.74, 6) is 0.0932. The van der Waals surface area contributed by atoms with Crippen LogP contribution in [0.15, 0.2) is 29.4 Å². The van der Waals surface area contributed by atoms with Gasteiger partial charge in [-0.2, -0.15) is 0 Å². The molecule has 0 radical (unpaired) electrons. The number of halogens is 1. The molecule has 0 aliphatic carbocycles. The first kappa shape index (κ1) is 10.9. The van der Waals surface area contributed by atoms with Crippen molar-refractivity contribution in [3.8, 4) is 0 Å². The molecule has 0 saturated heterocycles. The molecule has 66 valence electrons. The van der Waals surface area contributed by atoms with Crippen molar-refractivity contribution < 1.29 is 0 Å². The van der Waals surface area contributed by atoms with Crippen molar-refractivity contribution in [1.82, 2.24) is 4.98 Å². The maximum Gasteiger partial charge on any atom is 0.186 e. The Labute approximate surface area is 81.5 Å². The summed E-state index contributed by atoms with van der Waals surface area (Å²) in [6, 6.07) is 5.61. The number of nitrogens with two attached hydrogens (primary N) is 2. The van der Waals surface area contributed by atoms with Crippen LogP contribution < -0.4 is 11.5 Å². The predicted molar refractivity (Wildman–Crippen MR) is 54.1 cm³/mol. The Kier molecular flexibility index (Phi) is 5.03. The van der Waals surface area contributed by atoms with Gasteiger partial charge < -0.3 is 11.5 Å². The van der Waals surface area contributed by atoms with Crippen molar-refractivity contribution in [2.45, 2.75) is 6.54 Å². The van der Waals surface area contributed by atoms with Crippen LogP contribution in [0.2, 0.25) is 0 Å². The van der Waals surface area contributed by atoms with E-state index in [1.807, 2.05) is 18.2 Å². The van der Waals surface area contributed by atoms with Gasteiger partial charge in [0.15, 0.2) is 5.96 Å². The van der Waals surface area contributed by atoms with Crippen molar-refractivity contribution in [3.63, 3.8) is 0 Å². The van der Waals surface area contributed by atoms with Gasteiger partial charge in [-0.1, -0.05) is 6.07 Å². The number of hydrogen-bond donors (Lipinski definition) is 2. The number of aromatic nitrogens is 1. The lowest BCUT2D eigenvalue weighted by atomic mass is 10.3. The van der Waals surface area contributed by atoms with Crippen LogP contribution in [0.25, 0.3) is 0 Å². The highest BCUT2D eigenvalue weighted by atomic mass is 79.9. The van der Waals surface area contributed by atoms with Crippen LogP contribution >= 0.6 is 17.0 Å². The normalized spacial score (nSPS) is 8.33. The first-order valence-electron chi connectivity index (χ1n) is 3.24. The molecule has 0 amide bonds. The number of rotatable bonds is 2. The van der Waals surface area contributed by atoms with E-state index in [1.54, 1.807) is 6.20 Å².